The number of aryl methyl sites for hydroxylation is 1. The lowest BCUT2D eigenvalue weighted by Gasteiger charge is -2.21. The number of benzene rings is 1. The molecule has 1 aromatic carbocycles. The fourth-order valence-corrected chi connectivity index (χ4v) is 1.61. The smallest absolute Gasteiger partial charge is 0.272 e. The van der Waals surface area contributed by atoms with Gasteiger partial charge in [0.15, 0.2) is 0 Å². The SMILES string of the molecule is Cc1cc(NCCN(C)C(C)C)ccc1[N+](=O)[O-]. The monoisotopic (exact) mass is 251 g/mol. The lowest BCUT2D eigenvalue weighted by Crippen LogP contribution is -2.31. The van der Waals surface area contributed by atoms with Crippen LogP contribution in [0.25, 0.3) is 0 Å². The Morgan fingerprint density at radius 3 is 2.61 bits per heavy atom. The van der Waals surface area contributed by atoms with Gasteiger partial charge in [-0.1, -0.05) is 0 Å². The first-order chi connectivity index (χ1) is 8.41. The molecule has 0 fully saturated rings. The zero-order valence-electron chi connectivity index (χ0n) is 11.4. The Bertz CT molecular complexity index is 419. The first kappa shape index (κ1) is 14.4. The Labute approximate surface area is 108 Å². The number of nitrogens with one attached hydrogen (secondary N) is 1. The van der Waals surface area contributed by atoms with Crippen molar-refractivity contribution in [2.75, 3.05) is 25.5 Å². The van der Waals surface area contributed by atoms with Crippen molar-refractivity contribution in [2.24, 2.45) is 0 Å². The summed E-state index contributed by atoms with van der Waals surface area (Å²) in [6.45, 7) is 7.81. The molecule has 100 valence electrons. The highest BCUT2D eigenvalue weighted by Gasteiger charge is 2.10. The van der Waals surface area contributed by atoms with Crippen LogP contribution in [0.1, 0.15) is 19.4 Å². The Balaban J connectivity index is 2.54. The molecule has 0 spiro atoms. The van der Waals surface area contributed by atoms with Crippen LogP contribution >= 0.6 is 0 Å². The van der Waals surface area contributed by atoms with E-state index in [0.717, 1.165) is 18.8 Å². The molecule has 0 heterocycles. The second-order valence-corrected chi connectivity index (χ2v) is 4.76. The molecular weight excluding hydrogens is 230 g/mol. The Hall–Kier alpha value is -1.62. The fraction of sp³-hybridized carbons (Fsp3) is 0.538. The van der Waals surface area contributed by atoms with Gasteiger partial charge in [0.1, 0.15) is 0 Å². The molecule has 0 aliphatic heterocycles. The van der Waals surface area contributed by atoms with E-state index >= 15 is 0 Å². The highest BCUT2D eigenvalue weighted by molar-refractivity contribution is 5.53. The summed E-state index contributed by atoms with van der Waals surface area (Å²) >= 11 is 0. The van der Waals surface area contributed by atoms with E-state index < -0.39 is 0 Å². The van der Waals surface area contributed by atoms with Crippen LogP contribution in [-0.4, -0.2) is 36.0 Å². The zero-order valence-corrected chi connectivity index (χ0v) is 11.4. The molecule has 0 radical (unpaired) electrons. The second kappa shape index (κ2) is 6.35. The molecule has 1 rings (SSSR count). The number of anilines is 1. The molecule has 0 unspecified atom stereocenters. The van der Waals surface area contributed by atoms with E-state index in [1.165, 1.54) is 0 Å². The van der Waals surface area contributed by atoms with E-state index in [9.17, 15) is 10.1 Å². The average molecular weight is 251 g/mol. The Morgan fingerprint density at radius 2 is 2.11 bits per heavy atom. The molecule has 0 bridgehead atoms. The lowest BCUT2D eigenvalue weighted by atomic mass is 10.2. The van der Waals surface area contributed by atoms with Crippen LogP contribution in [0.5, 0.6) is 0 Å². The standard InChI is InChI=1S/C13H21N3O2/c1-10(2)15(4)8-7-14-12-5-6-13(16(17)18)11(3)9-12/h5-6,9-10,14H,7-8H2,1-4H3. The molecule has 5 heteroatoms. The van der Waals surface area contributed by atoms with Crippen LogP contribution in [-0.2, 0) is 0 Å². The van der Waals surface area contributed by atoms with Crippen LogP contribution in [0.3, 0.4) is 0 Å². The first-order valence-electron chi connectivity index (χ1n) is 6.11. The molecule has 1 aromatic rings. The van der Waals surface area contributed by atoms with Gasteiger partial charge in [0.05, 0.1) is 4.92 Å². The van der Waals surface area contributed by atoms with Crippen LogP contribution < -0.4 is 5.32 Å². The maximum atomic E-state index is 10.7. The predicted molar refractivity (Wildman–Crippen MR) is 74.1 cm³/mol. The van der Waals surface area contributed by atoms with Crippen LogP contribution in [0.15, 0.2) is 18.2 Å². The van der Waals surface area contributed by atoms with Gasteiger partial charge in [0, 0.05) is 36.4 Å². The number of rotatable bonds is 6. The van der Waals surface area contributed by atoms with Gasteiger partial charge in [-0.25, -0.2) is 0 Å². The summed E-state index contributed by atoms with van der Waals surface area (Å²) in [5.74, 6) is 0. The lowest BCUT2D eigenvalue weighted by molar-refractivity contribution is -0.385. The van der Waals surface area contributed by atoms with Gasteiger partial charge in [-0.15, -0.1) is 0 Å². The molecule has 1 N–H and O–H groups in total. The molecule has 0 saturated carbocycles. The van der Waals surface area contributed by atoms with Gasteiger partial charge in [-0.2, -0.15) is 0 Å². The van der Waals surface area contributed by atoms with Crippen LogP contribution in [0.2, 0.25) is 0 Å². The first-order valence-corrected chi connectivity index (χ1v) is 6.11. The molecule has 0 aliphatic rings. The molecule has 0 aromatic heterocycles. The molecule has 0 aliphatic carbocycles. The van der Waals surface area contributed by atoms with Crippen LogP contribution in [0.4, 0.5) is 11.4 Å². The summed E-state index contributed by atoms with van der Waals surface area (Å²) in [6, 6.07) is 5.63. The van der Waals surface area contributed by atoms with Crippen molar-refractivity contribution in [3.63, 3.8) is 0 Å². The van der Waals surface area contributed by atoms with Crippen molar-refractivity contribution in [1.82, 2.24) is 4.90 Å². The van der Waals surface area contributed by atoms with Crippen molar-refractivity contribution >= 4 is 11.4 Å². The van der Waals surface area contributed by atoms with Gasteiger partial charge >= 0.3 is 0 Å². The number of nitro benzene ring substituents is 1. The number of nitrogens with zero attached hydrogens (tertiary/aromatic N) is 2. The van der Waals surface area contributed by atoms with Crippen LogP contribution in [0, 0.1) is 17.0 Å². The summed E-state index contributed by atoms with van der Waals surface area (Å²) < 4.78 is 0. The minimum Gasteiger partial charge on any atom is -0.384 e. The average Bonchev–Trinajstić information content (AvgIpc) is 2.28. The molecule has 0 atom stereocenters. The summed E-state index contributed by atoms with van der Waals surface area (Å²) in [6.07, 6.45) is 0. The highest BCUT2D eigenvalue weighted by atomic mass is 16.6. The Kier molecular flexibility index (Phi) is 5.09. The van der Waals surface area contributed by atoms with Gasteiger partial charge < -0.3 is 10.2 Å². The van der Waals surface area contributed by atoms with E-state index in [2.05, 4.69) is 31.1 Å². The summed E-state index contributed by atoms with van der Waals surface area (Å²) in [4.78, 5) is 12.6. The number of hydrogen-bond acceptors (Lipinski definition) is 4. The quantitative estimate of drug-likeness (QED) is 0.623. The molecule has 0 saturated heterocycles. The van der Waals surface area contributed by atoms with E-state index in [1.807, 2.05) is 6.07 Å². The van der Waals surface area contributed by atoms with Gasteiger partial charge in [0.2, 0.25) is 0 Å². The van der Waals surface area contributed by atoms with Gasteiger partial charge in [-0.05, 0) is 40.0 Å². The molecule has 0 amide bonds. The minimum atomic E-state index is -0.356. The van der Waals surface area contributed by atoms with Crippen molar-refractivity contribution in [1.29, 1.82) is 0 Å². The van der Waals surface area contributed by atoms with Gasteiger partial charge in [-0.3, -0.25) is 10.1 Å². The molecular formula is C13H21N3O2. The highest BCUT2D eigenvalue weighted by Crippen LogP contribution is 2.21. The maximum Gasteiger partial charge on any atom is 0.272 e. The van der Waals surface area contributed by atoms with E-state index in [1.54, 1.807) is 19.1 Å². The van der Waals surface area contributed by atoms with E-state index in [4.69, 9.17) is 0 Å². The Morgan fingerprint density at radius 1 is 1.44 bits per heavy atom. The van der Waals surface area contributed by atoms with Gasteiger partial charge in [0.25, 0.3) is 5.69 Å². The number of likely N-dealkylation sites (N-methyl/N-ethyl adjacent to an activating group) is 1. The fourth-order valence-electron chi connectivity index (χ4n) is 1.61. The third-order valence-corrected chi connectivity index (χ3v) is 3.07. The number of hydrogen-bond donors (Lipinski definition) is 1. The topological polar surface area (TPSA) is 58.4 Å². The normalized spacial score (nSPS) is 11.0. The third-order valence-electron chi connectivity index (χ3n) is 3.07. The summed E-state index contributed by atoms with van der Waals surface area (Å²) in [5, 5.41) is 14.0. The molecule has 5 nitrogen and oxygen atoms in total. The van der Waals surface area contributed by atoms with E-state index in [0.29, 0.717) is 11.6 Å². The molecule has 18 heavy (non-hydrogen) atoms. The van der Waals surface area contributed by atoms with E-state index in [-0.39, 0.29) is 10.6 Å². The van der Waals surface area contributed by atoms with Crippen molar-refractivity contribution in [2.45, 2.75) is 26.8 Å². The van der Waals surface area contributed by atoms with Crippen molar-refractivity contribution in [3.05, 3.63) is 33.9 Å². The van der Waals surface area contributed by atoms with Crippen molar-refractivity contribution < 1.29 is 4.92 Å². The summed E-state index contributed by atoms with van der Waals surface area (Å²) in [7, 11) is 2.08. The zero-order chi connectivity index (χ0) is 13.7. The van der Waals surface area contributed by atoms with Crippen molar-refractivity contribution in [3.8, 4) is 0 Å². The third kappa shape index (κ3) is 4.00. The largest absolute Gasteiger partial charge is 0.384 e. The maximum absolute atomic E-state index is 10.7. The predicted octanol–water partition coefficient (Wildman–Crippen LogP) is 2.66. The number of nitro groups is 1. The second-order valence-electron chi connectivity index (χ2n) is 4.76. The minimum absolute atomic E-state index is 0.167. The summed E-state index contributed by atoms with van der Waals surface area (Å²) in [5.41, 5.74) is 1.78.